The van der Waals surface area contributed by atoms with Crippen LogP contribution >= 0.6 is 0 Å². The second-order valence-electron chi connectivity index (χ2n) is 2.57. The highest BCUT2D eigenvalue weighted by Crippen LogP contribution is 2.03. The Labute approximate surface area is 81.4 Å². The SMILES string of the molecule is CC(OC=O)OC(=O)c1ccccc1. The number of carbonyl (C=O) groups excluding carboxylic acids is 2. The van der Waals surface area contributed by atoms with Crippen LogP contribution in [-0.2, 0) is 14.3 Å². The molecule has 0 aliphatic heterocycles. The Morgan fingerprint density at radius 2 is 2.00 bits per heavy atom. The van der Waals surface area contributed by atoms with Gasteiger partial charge in [0, 0.05) is 6.92 Å². The van der Waals surface area contributed by atoms with Crippen LogP contribution < -0.4 is 0 Å². The molecular weight excluding hydrogens is 184 g/mol. The van der Waals surface area contributed by atoms with Gasteiger partial charge in [-0.2, -0.15) is 0 Å². The number of hydrogen-bond donors (Lipinski definition) is 0. The van der Waals surface area contributed by atoms with E-state index in [4.69, 9.17) is 4.74 Å². The Balaban J connectivity index is 2.55. The van der Waals surface area contributed by atoms with E-state index in [1.807, 2.05) is 0 Å². The highest BCUT2D eigenvalue weighted by molar-refractivity contribution is 5.89. The summed E-state index contributed by atoms with van der Waals surface area (Å²) in [4.78, 5) is 21.2. The lowest BCUT2D eigenvalue weighted by Gasteiger charge is -2.10. The standard InChI is InChI=1S/C10H10O4/c1-8(13-7-11)14-10(12)9-5-3-2-4-6-9/h2-8H,1H3. The summed E-state index contributed by atoms with van der Waals surface area (Å²) >= 11 is 0. The summed E-state index contributed by atoms with van der Waals surface area (Å²) in [5, 5.41) is 0. The molecule has 14 heavy (non-hydrogen) atoms. The molecule has 0 fully saturated rings. The molecule has 0 saturated heterocycles. The Morgan fingerprint density at radius 1 is 1.36 bits per heavy atom. The van der Waals surface area contributed by atoms with E-state index in [9.17, 15) is 9.59 Å². The predicted octanol–water partition coefficient (Wildman–Crippen LogP) is 1.36. The number of rotatable bonds is 4. The first-order valence-electron chi connectivity index (χ1n) is 4.09. The largest absolute Gasteiger partial charge is 0.428 e. The lowest BCUT2D eigenvalue weighted by molar-refractivity contribution is -0.149. The number of carbonyl (C=O) groups is 2. The van der Waals surface area contributed by atoms with E-state index >= 15 is 0 Å². The Bertz CT molecular complexity index is 307. The van der Waals surface area contributed by atoms with Gasteiger partial charge in [-0.1, -0.05) is 18.2 Å². The van der Waals surface area contributed by atoms with Crippen molar-refractivity contribution in [2.24, 2.45) is 0 Å². The van der Waals surface area contributed by atoms with Crippen molar-refractivity contribution in [1.82, 2.24) is 0 Å². The van der Waals surface area contributed by atoms with Crippen molar-refractivity contribution in [2.45, 2.75) is 13.2 Å². The highest BCUT2D eigenvalue weighted by Gasteiger charge is 2.10. The molecule has 1 atom stereocenters. The van der Waals surface area contributed by atoms with E-state index in [2.05, 4.69) is 4.74 Å². The maximum Gasteiger partial charge on any atom is 0.341 e. The molecule has 0 spiro atoms. The zero-order valence-corrected chi connectivity index (χ0v) is 7.67. The Hall–Kier alpha value is -1.84. The van der Waals surface area contributed by atoms with Crippen LogP contribution in [0.4, 0.5) is 0 Å². The normalized spacial score (nSPS) is 11.5. The molecule has 1 rings (SSSR count). The van der Waals surface area contributed by atoms with E-state index < -0.39 is 12.3 Å². The van der Waals surface area contributed by atoms with Gasteiger partial charge in [-0.05, 0) is 12.1 Å². The van der Waals surface area contributed by atoms with E-state index in [-0.39, 0.29) is 6.47 Å². The molecule has 0 N–H and O–H groups in total. The minimum Gasteiger partial charge on any atom is -0.428 e. The van der Waals surface area contributed by atoms with Crippen LogP contribution in [-0.4, -0.2) is 18.7 Å². The molecule has 0 radical (unpaired) electrons. The van der Waals surface area contributed by atoms with Crippen molar-refractivity contribution >= 4 is 12.4 Å². The van der Waals surface area contributed by atoms with Crippen LogP contribution in [0.1, 0.15) is 17.3 Å². The predicted molar refractivity (Wildman–Crippen MR) is 48.5 cm³/mol. The Kier molecular flexibility index (Phi) is 3.67. The summed E-state index contributed by atoms with van der Waals surface area (Å²) in [6.07, 6.45) is -0.861. The quantitative estimate of drug-likeness (QED) is 0.412. The molecular formula is C10H10O4. The van der Waals surface area contributed by atoms with Gasteiger partial charge in [0.05, 0.1) is 5.56 Å². The van der Waals surface area contributed by atoms with Gasteiger partial charge in [-0.25, -0.2) is 4.79 Å². The lowest BCUT2D eigenvalue weighted by atomic mass is 10.2. The van der Waals surface area contributed by atoms with Crippen molar-refractivity contribution in [3.63, 3.8) is 0 Å². The van der Waals surface area contributed by atoms with Gasteiger partial charge >= 0.3 is 5.97 Å². The van der Waals surface area contributed by atoms with Gasteiger partial charge in [0.1, 0.15) is 0 Å². The first-order valence-corrected chi connectivity index (χ1v) is 4.09. The Morgan fingerprint density at radius 3 is 2.57 bits per heavy atom. The molecule has 1 aromatic rings. The molecule has 0 aliphatic carbocycles. The molecule has 0 aliphatic rings. The first-order chi connectivity index (χ1) is 6.74. The van der Waals surface area contributed by atoms with Crippen LogP contribution in [0.5, 0.6) is 0 Å². The molecule has 4 heteroatoms. The highest BCUT2D eigenvalue weighted by atomic mass is 16.7. The lowest BCUT2D eigenvalue weighted by Crippen LogP contribution is -2.17. The van der Waals surface area contributed by atoms with Gasteiger partial charge < -0.3 is 9.47 Å². The van der Waals surface area contributed by atoms with Gasteiger partial charge in [-0.3, -0.25) is 4.79 Å². The first kappa shape index (κ1) is 10.2. The van der Waals surface area contributed by atoms with E-state index in [1.54, 1.807) is 30.3 Å². The molecule has 0 aromatic heterocycles. The van der Waals surface area contributed by atoms with Crippen LogP contribution in [0.25, 0.3) is 0 Å². The van der Waals surface area contributed by atoms with Gasteiger partial charge in [-0.15, -0.1) is 0 Å². The van der Waals surface area contributed by atoms with Gasteiger partial charge in [0.15, 0.2) is 0 Å². The summed E-state index contributed by atoms with van der Waals surface area (Å²) in [6.45, 7) is 1.71. The number of ether oxygens (including phenoxy) is 2. The van der Waals surface area contributed by atoms with Crippen molar-refractivity contribution < 1.29 is 19.1 Å². The fourth-order valence-corrected chi connectivity index (χ4v) is 0.899. The molecule has 1 unspecified atom stereocenters. The summed E-state index contributed by atoms with van der Waals surface area (Å²) in [5.41, 5.74) is 0.425. The summed E-state index contributed by atoms with van der Waals surface area (Å²) in [7, 11) is 0. The molecule has 74 valence electrons. The van der Waals surface area contributed by atoms with E-state index in [0.29, 0.717) is 5.56 Å². The third-order valence-electron chi connectivity index (χ3n) is 1.53. The fraction of sp³-hybridized carbons (Fsp3) is 0.200. The average molecular weight is 194 g/mol. The van der Waals surface area contributed by atoms with Gasteiger partial charge in [0.2, 0.25) is 6.29 Å². The van der Waals surface area contributed by atoms with Crippen LogP contribution in [0.3, 0.4) is 0 Å². The monoisotopic (exact) mass is 194 g/mol. The molecule has 0 bridgehead atoms. The number of benzene rings is 1. The van der Waals surface area contributed by atoms with E-state index in [1.165, 1.54) is 6.92 Å². The number of esters is 1. The maximum absolute atomic E-state index is 11.3. The molecule has 1 aromatic carbocycles. The average Bonchev–Trinajstić information content (AvgIpc) is 2.19. The van der Waals surface area contributed by atoms with Crippen molar-refractivity contribution in [2.75, 3.05) is 0 Å². The third-order valence-corrected chi connectivity index (χ3v) is 1.53. The second-order valence-corrected chi connectivity index (χ2v) is 2.57. The third kappa shape index (κ3) is 2.90. The zero-order chi connectivity index (χ0) is 10.4. The summed E-state index contributed by atoms with van der Waals surface area (Å²) < 4.78 is 9.19. The second kappa shape index (κ2) is 5.01. The zero-order valence-electron chi connectivity index (χ0n) is 7.67. The summed E-state index contributed by atoms with van der Waals surface area (Å²) in [6, 6.07) is 8.48. The van der Waals surface area contributed by atoms with Gasteiger partial charge in [0.25, 0.3) is 6.47 Å². The smallest absolute Gasteiger partial charge is 0.341 e. The molecule has 4 nitrogen and oxygen atoms in total. The van der Waals surface area contributed by atoms with Crippen LogP contribution in [0.15, 0.2) is 30.3 Å². The summed E-state index contributed by atoms with van der Waals surface area (Å²) in [5.74, 6) is -0.514. The minimum absolute atomic E-state index is 0.239. The van der Waals surface area contributed by atoms with Crippen molar-refractivity contribution in [1.29, 1.82) is 0 Å². The number of hydrogen-bond acceptors (Lipinski definition) is 4. The van der Waals surface area contributed by atoms with Crippen molar-refractivity contribution in [3.05, 3.63) is 35.9 Å². The van der Waals surface area contributed by atoms with E-state index in [0.717, 1.165) is 0 Å². The molecule has 0 saturated carbocycles. The maximum atomic E-state index is 11.3. The fourth-order valence-electron chi connectivity index (χ4n) is 0.899. The topological polar surface area (TPSA) is 52.6 Å². The van der Waals surface area contributed by atoms with Crippen LogP contribution in [0, 0.1) is 0 Å². The minimum atomic E-state index is -0.861. The van der Waals surface area contributed by atoms with Crippen molar-refractivity contribution in [3.8, 4) is 0 Å². The molecule has 0 amide bonds. The van der Waals surface area contributed by atoms with Crippen LogP contribution in [0.2, 0.25) is 0 Å². The molecule has 0 heterocycles.